The number of nitrogens with one attached hydrogen (secondary N) is 2. The number of methoxy groups -OCH3 is 1. The number of carbonyl (C=O) groups is 1. The maximum Gasteiger partial charge on any atom is 0.250 e. The number of hydrogen-bond donors (Lipinski definition) is 2. The van der Waals surface area contributed by atoms with E-state index in [0.29, 0.717) is 22.9 Å². The molecular weight excluding hydrogens is 434 g/mol. The van der Waals surface area contributed by atoms with Crippen molar-refractivity contribution < 1.29 is 14.3 Å². The molecule has 10 heteroatoms. The van der Waals surface area contributed by atoms with Crippen LogP contribution in [0.15, 0.2) is 67.4 Å². The molecule has 0 atom stereocenters. The van der Waals surface area contributed by atoms with Crippen LogP contribution in [0.5, 0.6) is 11.5 Å². The standard InChI is InChI=1S/C24H21N7O3/c1-15-9-16(4-6-21(15)34-18-7-8-31-22(11-18)26-14-28-31)30-24-19-10-17(29-23(32)12-33-2)3-5-20(19)25-13-27-24/h3-11,13-14H,12H2,1-2H3,(H,29,32)(H,25,27,30). The summed E-state index contributed by atoms with van der Waals surface area (Å²) in [6.45, 7) is 1.95. The largest absolute Gasteiger partial charge is 0.457 e. The van der Waals surface area contributed by atoms with Crippen molar-refractivity contribution in [2.75, 3.05) is 24.4 Å². The zero-order valence-electron chi connectivity index (χ0n) is 18.5. The number of aryl methyl sites for hydroxylation is 1. The summed E-state index contributed by atoms with van der Waals surface area (Å²) in [6, 6.07) is 14.9. The van der Waals surface area contributed by atoms with E-state index in [4.69, 9.17) is 9.47 Å². The van der Waals surface area contributed by atoms with Crippen LogP contribution in [0, 0.1) is 6.92 Å². The minimum absolute atomic E-state index is 0.0189. The van der Waals surface area contributed by atoms with E-state index in [0.717, 1.165) is 27.9 Å². The summed E-state index contributed by atoms with van der Waals surface area (Å²) in [6.07, 6.45) is 4.80. The molecule has 0 aliphatic carbocycles. The van der Waals surface area contributed by atoms with Gasteiger partial charge in [-0.15, -0.1) is 0 Å². The van der Waals surface area contributed by atoms with E-state index in [1.807, 2.05) is 49.4 Å². The van der Waals surface area contributed by atoms with Gasteiger partial charge in [-0.2, -0.15) is 5.10 Å². The summed E-state index contributed by atoms with van der Waals surface area (Å²) in [4.78, 5) is 24.8. The van der Waals surface area contributed by atoms with E-state index >= 15 is 0 Å². The molecule has 0 fully saturated rings. The average molecular weight is 455 g/mol. The van der Waals surface area contributed by atoms with Gasteiger partial charge < -0.3 is 20.1 Å². The van der Waals surface area contributed by atoms with Crippen molar-refractivity contribution >= 4 is 39.6 Å². The molecule has 0 radical (unpaired) electrons. The van der Waals surface area contributed by atoms with Crippen molar-refractivity contribution in [1.29, 1.82) is 0 Å². The van der Waals surface area contributed by atoms with Gasteiger partial charge in [0.15, 0.2) is 5.65 Å². The Bertz CT molecular complexity index is 1500. The molecule has 0 aliphatic heterocycles. The molecule has 1 amide bonds. The van der Waals surface area contributed by atoms with Crippen LogP contribution >= 0.6 is 0 Å². The molecule has 3 aromatic heterocycles. The van der Waals surface area contributed by atoms with Crippen LogP contribution in [-0.4, -0.2) is 44.2 Å². The lowest BCUT2D eigenvalue weighted by molar-refractivity contribution is -0.119. The van der Waals surface area contributed by atoms with Crippen molar-refractivity contribution in [2.24, 2.45) is 0 Å². The van der Waals surface area contributed by atoms with Gasteiger partial charge in [-0.05, 0) is 55.0 Å². The van der Waals surface area contributed by atoms with Gasteiger partial charge in [-0.1, -0.05) is 0 Å². The Morgan fingerprint density at radius 3 is 2.74 bits per heavy atom. The third kappa shape index (κ3) is 4.48. The normalized spacial score (nSPS) is 11.0. The van der Waals surface area contributed by atoms with Crippen LogP contribution in [0.2, 0.25) is 0 Å². The fraction of sp³-hybridized carbons (Fsp3) is 0.125. The molecule has 0 saturated carbocycles. The fourth-order valence-corrected chi connectivity index (χ4v) is 3.53. The van der Waals surface area contributed by atoms with E-state index < -0.39 is 0 Å². The van der Waals surface area contributed by atoms with E-state index in [-0.39, 0.29) is 12.5 Å². The second-order valence-corrected chi connectivity index (χ2v) is 7.57. The van der Waals surface area contributed by atoms with Crippen LogP contribution in [0.4, 0.5) is 17.2 Å². The number of ether oxygens (including phenoxy) is 2. The zero-order valence-corrected chi connectivity index (χ0v) is 18.5. The van der Waals surface area contributed by atoms with Crippen molar-refractivity contribution in [3.8, 4) is 11.5 Å². The molecule has 0 spiro atoms. The van der Waals surface area contributed by atoms with Gasteiger partial charge in [-0.3, -0.25) is 4.79 Å². The van der Waals surface area contributed by atoms with Gasteiger partial charge in [-0.25, -0.2) is 19.5 Å². The van der Waals surface area contributed by atoms with Crippen LogP contribution in [0.25, 0.3) is 16.6 Å². The maximum absolute atomic E-state index is 11.9. The summed E-state index contributed by atoms with van der Waals surface area (Å²) >= 11 is 0. The molecule has 0 unspecified atom stereocenters. The Labute approximate surface area is 194 Å². The van der Waals surface area contributed by atoms with Gasteiger partial charge in [0.2, 0.25) is 5.91 Å². The first kappa shape index (κ1) is 21.3. The minimum atomic E-state index is -0.234. The Kier molecular flexibility index (Phi) is 5.71. The molecule has 2 N–H and O–H groups in total. The molecule has 170 valence electrons. The predicted molar refractivity (Wildman–Crippen MR) is 128 cm³/mol. The fourth-order valence-electron chi connectivity index (χ4n) is 3.53. The monoisotopic (exact) mass is 455 g/mol. The Balaban J connectivity index is 1.37. The number of aromatic nitrogens is 5. The summed E-state index contributed by atoms with van der Waals surface area (Å²) in [5.74, 6) is 1.79. The van der Waals surface area contributed by atoms with Gasteiger partial charge in [0.1, 0.15) is 36.6 Å². The highest BCUT2D eigenvalue weighted by Gasteiger charge is 2.10. The number of hydrogen-bond acceptors (Lipinski definition) is 8. The number of amides is 1. The van der Waals surface area contributed by atoms with Crippen LogP contribution in [0.1, 0.15) is 5.56 Å². The quantitative estimate of drug-likeness (QED) is 0.377. The summed E-state index contributed by atoms with van der Waals surface area (Å²) in [5, 5.41) is 11.0. The lowest BCUT2D eigenvalue weighted by Crippen LogP contribution is -2.17. The van der Waals surface area contributed by atoms with Crippen molar-refractivity contribution in [1.82, 2.24) is 24.6 Å². The topological polar surface area (TPSA) is 116 Å². The highest BCUT2D eigenvalue weighted by Crippen LogP contribution is 2.30. The molecule has 34 heavy (non-hydrogen) atoms. The molecule has 2 aromatic carbocycles. The number of anilines is 3. The number of nitrogens with zero attached hydrogens (tertiary/aromatic N) is 5. The summed E-state index contributed by atoms with van der Waals surface area (Å²) < 4.78 is 12.6. The van der Waals surface area contributed by atoms with E-state index in [1.54, 1.807) is 16.8 Å². The summed E-state index contributed by atoms with van der Waals surface area (Å²) in [5.41, 5.74) is 3.88. The number of benzene rings is 2. The molecule has 10 nitrogen and oxygen atoms in total. The van der Waals surface area contributed by atoms with E-state index in [9.17, 15) is 4.79 Å². The first-order valence-electron chi connectivity index (χ1n) is 10.5. The van der Waals surface area contributed by atoms with Crippen LogP contribution in [-0.2, 0) is 9.53 Å². The number of fused-ring (bicyclic) bond motifs is 2. The molecule has 5 rings (SSSR count). The van der Waals surface area contributed by atoms with Gasteiger partial charge in [0.05, 0.1) is 5.52 Å². The van der Waals surface area contributed by atoms with Gasteiger partial charge >= 0.3 is 0 Å². The molecule has 0 aliphatic rings. The third-order valence-corrected chi connectivity index (χ3v) is 5.11. The van der Waals surface area contributed by atoms with Gasteiger partial charge in [0, 0.05) is 36.1 Å². The minimum Gasteiger partial charge on any atom is -0.457 e. The van der Waals surface area contributed by atoms with Crippen molar-refractivity contribution in [2.45, 2.75) is 6.92 Å². The smallest absolute Gasteiger partial charge is 0.250 e. The SMILES string of the molecule is COCC(=O)Nc1ccc2ncnc(Nc3ccc(Oc4ccn5ncnc5c4)c(C)c3)c2c1. The van der Waals surface area contributed by atoms with Gasteiger partial charge in [0.25, 0.3) is 0 Å². The first-order valence-corrected chi connectivity index (χ1v) is 10.5. The summed E-state index contributed by atoms with van der Waals surface area (Å²) in [7, 11) is 1.48. The maximum atomic E-state index is 11.9. The molecule has 5 aromatic rings. The zero-order chi connectivity index (χ0) is 23.5. The van der Waals surface area contributed by atoms with Crippen LogP contribution in [0.3, 0.4) is 0 Å². The lowest BCUT2D eigenvalue weighted by atomic mass is 10.1. The molecule has 0 saturated heterocycles. The van der Waals surface area contributed by atoms with E-state index in [1.165, 1.54) is 19.8 Å². The highest BCUT2D eigenvalue weighted by atomic mass is 16.5. The lowest BCUT2D eigenvalue weighted by Gasteiger charge is -2.13. The van der Waals surface area contributed by atoms with Crippen molar-refractivity contribution in [3.05, 3.63) is 72.9 Å². The first-order chi connectivity index (χ1) is 16.6. The Morgan fingerprint density at radius 2 is 1.88 bits per heavy atom. The predicted octanol–water partition coefficient (Wildman–Crippen LogP) is 4.10. The average Bonchev–Trinajstić information content (AvgIpc) is 3.29. The molecule has 3 heterocycles. The number of carbonyl (C=O) groups excluding carboxylic acids is 1. The second-order valence-electron chi connectivity index (χ2n) is 7.57. The van der Waals surface area contributed by atoms with Crippen LogP contribution < -0.4 is 15.4 Å². The second kappa shape index (κ2) is 9.12. The highest BCUT2D eigenvalue weighted by molar-refractivity contribution is 5.97. The molecule has 0 bridgehead atoms. The van der Waals surface area contributed by atoms with Crippen molar-refractivity contribution in [3.63, 3.8) is 0 Å². The third-order valence-electron chi connectivity index (χ3n) is 5.11. The number of rotatable bonds is 7. The van der Waals surface area contributed by atoms with E-state index in [2.05, 4.69) is 30.7 Å². The Hall–Kier alpha value is -4.57. The molecular formula is C24H21N7O3. The Morgan fingerprint density at radius 1 is 1.00 bits per heavy atom. The number of pyridine rings is 1.